The average molecular weight is 401 g/mol. The Morgan fingerprint density at radius 3 is 2.62 bits per heavy atom. The van der Waals surface area contributed by atoms with Gasteiger partial charge in [0.25, 0.3) is 0 Å². The van der Waals surface area contributed by atoms with Crippen molar-refractivity contribution in [3.63, 3.8) is 0 Å². The summed E-state index contributed by atoms with van der Waals surface area (Å²) in [5, 5.41) is 0. The van der Waals surface area contributed by atoms with Gasteiger partial charge in [-0.05, 0) is 46.2 Å². The molecule has 1 aliphatic heterocycles. The van der Waals surface area contributed by atoms with E-state index in [1.165, 1.54) is 0 Å². The Morgan fingerprint density at radius 1 is 1.31 bits per heavy atom. The van der Waals surface area contributed by atoms with E-state index in [0.717, 1.165) is 16.9 Å². The minimum absolute atomic E-state index is 0.0417. The highest BCUT2D eigenvalue weighted by molar-refractivity contribution is 5.79. The van der Waals surface area contributed by atoms with Crippen LogP contribution in [-0.4, -0.2) is 55.6 Å². The molecule has 0 radical (unpaired) electrons. The minimum atomic E-state index is -0.524. The van der Waals surface area contributed by atoms with Crippen LogP contribution in [0.15, 0.2) is 24.3 Å². The van der Waals surface area contributed by atoms with Gasteiger partial charge in [0.15, 0.2) is 0 Å². The van der Waals surface area contributed by atoms with E-state index in [-0.39, 0.29) is 30.5 Å². The molecule has 7 heteroatoms. The van der Waals surface area contributed by atoms with Crippen LogP contribution < -0.4 is 0 Å². The molecule has 0 N–H and O–H groups in total. The number of carbonyl (C=O) groups is 2. The smallest absolute Gasteiger partial charge is 0.321 e. The zero-order valence-corrected chi connectivity index (χ0v) is 18.3. The first-order chi connectivity index (χ1) is 13.6. The highest BCUT2D eigenvalue weighted by Crippen LogP contribution is 2.25. The second-order valence-corrected chi connectivity index (χ2v) is 8.84. The van der Waals surface area contributed by atoms with Gasteiger partial charge in [-0.2, -0.15) is 0 Å². The minimum Gasteiger partial charge on any atom is -0.460 e. The summed E-state index contributed by atoms with van der Waals surface area (Å²) >= 11 is 0. The molecule has 2 atom stereocenters. The number of benzene rings is 1. The molecule has 3 rings (SSSR count). The summed E-state index contributed by atoms with van der Waals surface area (Å²) in [6.07, 6.45) is 0.921. The third kappa shape index (κ3) is 4.54. The number of para-hydroxylation sites is 2. The molecule has 0 spiro atoms. The van der Waals surface area contributed by atoms with Crippen LogP contribution in [0.3, 0.4) is 0 Å². The highest BCUT2D eigenvalue weighted by Gasteiger charge is 2.39. The molecule has 0 unspecified atom stereocenters. The van der Waals surface area contributed by atoms with Gasteiger partial charge >= 0.3 is 12.0 Å². The molecule has 1 aliphatic rings. The van der Waals surface area contributed by atoms with E-state index < -0.39 is 5.60 Å². The van der Waals surface area contributed by atoms with Gasteiger partial charge in [0.1, 0.15) is 11.4 Å². The molecule has 29 heavy (non-hydrogen) atoms. The van der Waals surface area contributed by atoms with Gasteiger partial charge in [-0.3, -0.25) is 4.79 Å². The molecular formula is C22H32N4O3. The Hall–Kier alpha value is -2.57. The molecule has 2 heterocycles. The Morgan fingerprint density at radius 2 is 2.00 bits per heavy atom. The summed E-state index contributed by atoms with van der Waals surface area (Å²) in [5.74, 6) is 0.590. The number of amides is 2. The first-order valence-electron chi connectivity index (χ1n) is 10.3. The third-order valence-electron chi connectivity index (χ3n) is 5.41. The topological polar surface area (TPSA) is 67.7 Å². The summed E-state index contributed by atoms with van der Waals surface area (Å²) in [5.41, 5.74) is 1.46. The van der Waals surface area contributed by atoms with Crippen molar-refractivity contribution in [2.24, 2.45) is 7.05 Å². The number of urea groups is 1. The van der Waals surface area contributed by atoms with Crippen molar-refractivity contribution < 1.29 is 14.3 Å². The number of carbonyl (C=O) groups excluding carboxylic acids is 2. The van der Waals surface area contributed by atoms with Crippen molar-refractivity contribution in [2.45, 2.75) is 71.7 Å². The molecule has 7 nitrogen and oxygen atoms in total. The van der Waals surface area contributed by atoms with Crippen LogP contribution in [-0.2, 0) is 23.1 Å². The number of imidazole rings is 1. The molecule has 0 saturated carbocycles. The fourth-order valence-electron chi connectivity index (χ4n) is 3.88. The number of hydrogen-bond acceptors (Lipinski definition) is 4. The normalized spacial score (nSPS) is 18.6. The predicted molar refractivity (Wildman–Crippen MR) is 112 cm³/mol. The van der Waals surface area contributed by atoms with Gasteiger partial charge in [-0.1, -0.05) is 19.1 Å². The fraction of sp³-hybridized carbons (Fsp3) is 0.591. The summed E-state index contributed by atoms with van der Waals surface area (Å²) in [7, 11) is 1.98. The molecule has 0 bridgehead atoms. The van der Waals surface area contributed by atoms with Crippen molar-refractivity contribution >= 4 is 23.0 Å². The molecule has 2 aromatic rings. The van der Waals surface area contributed by atoms with E-state index in [1.54, 1.807) is 0 Å². The first-order valence-corrected chi connectivity index (χ1v) is 10.3. The van der Waals surface area contributed by atoms with Crippen molar-refractivity contribution in [1.29, 1.82) is 0 Å². The Balaban J connectivity index is 1.73. The van der Waals surface area contributed by atoms with Crippen LogP contribution in [0.25, 0.3) is 11.0 Å². The molecule has 1 saturated heterocycles. The van der Waals surface area contributed by atoms with Gasteiger partial charge in [0, 0.05) is 25.7 Å². The second-order valence-electron chi connectivity index (χ2n) is 8.84. The van der Waals surface area contributed by atoms with Crippen LogP contribution in [0, 0.1) is 0 Å². The molecular weight excluding hydrogens is 368 g/mol. The maximum Gasteiger partial charge on any atom is 0.321 e. The summed E-state index contributed by atoms with van der Waals surface area (Å²) < 4.78 is 7.50. The van der Waals surface area contributed by atoms with E-state index >= 15 is 0 Å². The lowest BCUT2D eigenvalue weighted by atomic mass is 10.1. The van der Waals surface area contributed by atoms with Crippen molar-refractivity contribution in [3.8, 4) is 0 Å². The van der Waals surface area contributed by atoms with Crippen molar-refractivity contribution in [1.82, 2.24) is 19.4 Å². The number of esters is 1. The van der Waals surface area contributed by atoms with Crippen molar-refractivity contribution in [3.05, 3.63) is 30.1 Å². The quantitative estimate of drug-likeness (QED) is 0.693. The fourth-order valence-corrected chi connectivity index (χ4v) is 3.88. The molecule has 0 aliphatic carbocycles. The van der Waals surface area contributed by atoms with Crippen LogP contribution in [0.1, 0.15) is 53.3 Å². The summed E-state index contributed by atoms with van der Waals surface area (Å²) in [6, 6.07) is 7.81. The monoisotopic (exact) mass is 400 g/mol. The molecule has 1 aromatic carbocycles. The number of fused-ring (bicyclic) bond motifs is 1. The van der Waals surface area contributed by atoms with Crippen LogP contribution in [0.4, 0.5) is 4.79 Å². The molecule has 1 aromatic heterocycles. The Bertz CT molecular complexity index is 899. The summed E-state index contributed by atoms with van der Waals surface area (Å²) in [4.78, 5) is 33.8. The van der Waals surface area contributed by atoms with Gasteiger partial charge < -0.3 is 19.1 Å². The zero-order chi connectivity index (χ0) is 21.3. The number of ether oxygens (including phenoxy) is 1. The maximum atomic E-state index is 13.2. The SMILES string of the molecule is CC[C@@H](CC(=O)OC(C)(C)C)N1C[C@H](C)N(Cc2nc3ccccc3n2C)C1=O. The van der Waals surface area contributed by atoms with E-state index in [4.69, 9.17) is 9.72 Å². The Labute approximate surface area is 172 Å². The lowest BCUT2D eigenvalue weighted by molar-refractivity contribution is -0.156. The van der Waals surface area contributed by atoms with E-state index in [9.17, 15) is 9.59 Å². The standard InChI is InChI=1S/C22H32N4O3/c1-7-16(12-20(27)29-22(3,4)5)26-13-15(2)25(21(26)28)14-19-23-17-10-8-9-11-18(17)24(19)6/h8-11,15-16H,7,12-14H2,1-6H3/t15-,16-/m0/s1. The van der Waals surface area contributed by atoms with E-state index in [0.29, 0.717) is 19.5 Å². The molecule has 1 fully saturated rings. The lowest BCUT2D eigenvalue weighted by Crippen LogP contribution is -2.41. The number of hydrogen-bond donors (Lipinski definition) is 0. The highest BCUT2D eigenvalue weighted by atomic mass is 16.6. The largest absolute Gasteiger partial charge is 0.460 e. The third-order valence-corrected chi connectivity index (χ3v) is 5.41. The Kier molecular flexibility index (Phi) is 5.87. The zero-order valence-electron chi connectivity index (χ0n) is 18.3. The lowest BCUT2D eigenvalue weighted by Gasteiger charge is -2.28. The van der Waals surface area contributed by atoms with Crippen LogP contribution in [0.5, 0.6) is 0 Å². The molecule has 158 valence electrons. The van der Waals surface area contributed by atoms with Gasteiger partial charge in [0.05, 0.1) is 24.0 Å². The van der Waals surface area contributed by atoms with Crippen LogP contribution >= 0.6 is 0 Å². The van der Waals surface area contributed by atoms with Gasteiger partial charge in [-0.25, -0.2) is 9.78 Å². The van der Waals surface area contributed by atoms with Crippen molar-refractivity contribution in [2.75, 3.05) is 6.54 Å². The summed E-state index contributed by atoms with van der Waals surface area (Å²) in [6.45, 7) is 10.7. The molecule has 2 amide bonds. The van der Waals surface area contributed by atoms with Gasteiger partial charge in [0.2, 0.25) is 0 Å². The van der Waals surface area contributed by atoms with E-state index in [2.05, 4.69) is 0 Å². The van der Waals surface area contributed by atoms with Gasteiger partial charge in [-0.15, -0.1) is 0 Å². The first kappa shape index (κ1) is 21.1. The second kappa shape index (κ2) is 8.05. The number of aryl methyl sites for hydroxylation is 1. The number of aromatic nitrogens is 2. The predicted octanol–water partition coefficient (Wildman–Crippen LogP) is 3.71. The van der Waals surface area contributed by atoms with E-state index in [1.807, 2.05) is 80.3 Å². The van der Waals surface area contributed by atoms with Crippen LogP contribution in [0.2, 0.25) is 0 Å². The average Bonchev–Trinajstić information content (AvgIpc) is 3.10. The maximum absolute atomic E-state index is 13.2. The number of rotatable bonds is 6. The number of nitrogens with zero attached hydrogens (tertiary/aromatic N) is 4.